The van der Waals surface area contributed by atoms with Crippen molar-refractivity contribution in [2.45, 2.75) is 70.1 Å². The summed E-state index contributed by atoms with van der Waals surface area (Å²) in [6.45, 7) is 2.55. The van der Waals surface area contributed by atoms with E-state index in [0.717, 1.165) is 32.1 Å². The minimum absolute atomic E-state index is 0.0976. The number of benzene rings is 2. The quantitative estimate of drug-likeness (QED) is 0.325. The molecule has 3 heteroatoms. The van der Waals surface area contributed by atoms with Crippen molar-refractivity contribution in [1.29, 1.82) is 0 Å². The molecule has 0 radical (unpaired) electrons. The summed E-state index contributed by atoms with van der Waals surface area (Å²) in [7, 11) is 0. The van der Waals surface area contributed by atoms with Crippen LogP contribution in [0.2, 0.25) is 0 Å². The Labute approximate surface area is 273 Å². The second kappa shape index (κ2) is 10.1. The summed E-state index contributed by atoms with van der Waals surface area (Å²) in [4.78, 5) is 5.54. The van der Waals surface area contributed by atoms with Gasteiger partial charge in [-0.25, -0.2) is 0 Å². The smallest absolute Gasteiger partial charge is 0.127 e. The monoisotopic (exact) mass is 602 g/mol. The first-order valence-corrected chi connectivity index (χ1v) is 17.7. The highest BCUT2D eigenvalue weighted by Crippen LogP contribution is 2.60. The minimum Gasteiger partial charge on any atom is -0.489 e. The molecule has 5 aliphatic carbocycles. The van der Waals surface area contributed by atoms with E-state index in [9.17, 15) is 0 Å². The van der Waals surface area contributed by atoms with Gasteiger partial charge in [-0.3, -0.25) is 0 Å². The first-order valence-electron chi connectivity index (χ1n) is 17.7. The first kappa shape index (κ1) is 26.9. The molecule has 8 aliphatic rings. The molecule has 3 aliphatic heterocycles. The molecular weight excluding hydrogens is 560 g/mol. The van der Waals surface area contributed by atoms with E-state index in [2.05, 4.69) is 132 Å². The van der Waals surface area contributed by atoms with E-state index in [4.69, 9.17) is 4.74 Å². The van der Waals surface area contributed by atoms with Gasteiger partial charge in [-0.2, -0.15) is 0 Å². The Kier molecular flexibility index (Phi) is 5.93. The number of ether oxygens (including phenoxy) is 1. The minimum atomic E-state index is 0.0976. The van der Waals surface area contributed by atoms with E-state index in [1.54, 1.807) is 11.3 Å². The van der Waals surface area contributed by atoms with Crippen molar-refractivity contribution in [3.05, 3.63) is 149 Å². The lowest BCUT2D eigenvalue weighted by Crippen LogP contribution is -2.40. The second-order valence-electron chi connectivity index (χ2n) is 14.7. The molecule has 10 rings (SSSR count). The van der Waals surface area contributed by atoms with Crippen LogP contribution >= 0.6 is 0 Å². The van der Waals surface area contributed by atoms with Gasteiger partial charge in [0.05, 0.1) is 5.92 Å². The zero-order valence-corrected chi connectivity index (χ0v) is 26.7. The van der Waals surface area contributed by atoms with E-state index in [0.29, 0.717) is 29.8 Å². The topological polar surface area (TPSA) is 15.7 Å². The Morgan fingerprint density at radius 3 is 2.67 bits per heavy atom. The maximum atomic E-state index is 6.83. The SMILES string of the molecule is CC12C=CCCC1N(c1cccc(-c3ccccc3)c1)C1=CC=C(N3C4=C(C=CCC4)C4C5=C(CCC43)C3C=CC=CC3O5)CC12. The van der Waals surface area contributed by atoms with Crippen molar-refractivity contribution < 1.29 is 4.74 Å². The number of rotatable bonds is 3. The van der Waals surface area contributed by atoms with E-state index >= 15 is 0 Å². The number of nitrogens with zero attached hydrogens (tertiary/aromatic N) is 2. The summed E-state index contributed by atoms with van der Waals surface area (Å²) in [5.41, 5.74) is 11.7. The highest BCUT2D eigenvalue weighted by molar-refractivity contribution is 5.71. The van der Waals surface area contributed by atoms with E-state index in [-0.39, 0.29) is 11.5 Å². The van der Waals surface area contributed by atoms with Gasteiger partial charge < -0.3 is 14.5 Å². The van der Waals surface area contributed by atoms with Crippen molar-refractivity contribution in [3.63, 3.8) is 0 Å². The van der Waals surface area contributed by atoms with Crippen LogP contribution in [0.15, 0.2) is 149 Å². The molecule has 0 spiro atoms. The van der Waals surface area contributed by atoms with Crippen LogP contribution < -0.4 is 4.90 Å². The maximum Gasteiger partial charge on any atom is 0.127 e. The highest BCUT2D eigenvalue weighted by atomic mass is 16.5. The van der Waals surface area contributed by atoms with E-state index in [1.807, 2.05) is 0 Å². The number of hydrogen-bond donors (Lipinski definition) is 0. The molecule has 230 valence electrons. The normalized spacial score (nSPS) is 34.8. The molecule has 0 amide bonds. The van der Waals surface area contributed by atoms with E-state index in [1.165, 1.54) is 52.4 Å². The van der Waals surface area contributed by atoms with Crippen LogP contribution in [0.5, 0.6) is 0 Å². The molecule has 0 aromatic heterocycles. The summed E-state index contributed by atoms with van der Waals surface area (Å²) in [6.07, 6.45) is 32.1. The van der Waals surface area contributed by atoms with Crippen LogP contribution in [-0.4, -0.2) is 23.1 Å². The molecular formula is C43H42N2O. The fraction of sp³-hybridized carbons (Fsp3) is 0.349. The molecule has 3 heterocycles. The van der Waals surface area contributed by atoms with Gasteiger partial charge in [0.15, 0.2) is 0 Å². The van der Waals surface area contributed by atoms with Gasteiger partial charge in [-0.15, -0.1) is 0 Å². The molecule has 1 fully saturated rings. The number of fused-ring (bicyclic) bond motifs is 8. The van der Waals surface area contributed by atoms with Crippen LogP contribution in [0.25, 0.3) is 11.1 Å². The van der Waals surface area contributed by atoms with Gasteiger partial charge >= 0.3 is 0 Å². The van der Waals surface area contributed by atoms with Crippen molar-refractivity contribution in [1.82, 2.24) is 4.90 Å². The molecule has 7 unspecified atom stereocenters. The molecule has 46 heavy (non-hydrogen) atoms. The van der Waals surface area contributed by atoms with Gasteiger partial charge in [-0.1, -0.05) is 91.9 Å². The van der Waals surface area contributed by atoms with Crippen molar-refractivity contribution in [2.75, 3.05) is 4.90 Å². The second-order valence-corrected chi connectivity index (χ2v) is 14.7. The lowest BCUT2D eigenvalue weighted by Gasteiger charge is -2.41. The molecule has 0 bridgehead atoms. The van der Waals surface area contributed by atoms with Gasteiger partial charge in [0.1, 0.15) is 11.9 Å². The third-order valence-electron chi connectivity index (χ3n) is 12.5. The average molecular weight is 603 g/mol. The summed E-state index contributed by atoms with van der Waals surface area (Å²) < 4.78 is 6.83. The summed E-state index contributed by atoms with van der Waals surface area (Å²) >= 11 is 0. The van der Waals surface area contributed by atoms with Crippen LogP contribution in [0, 0.1) is 23.2 Å². The Morgan fingerprint density at radius 2 is 1.74 bits per heavy atom. The van der Waals surface area contributed by atoms with Crippen LogP contribution in [0.3, 0.4) is 0 Å². The van der Waals surface area contributed by atoms with Gasteiger partial charge in [0.25, 0.3) is 0 Å². The Hall–Kier alpha value is -4.24. The van der Waals surface area contributed by atoms with Gasteiger partial charge in [0, 0.05) is 52.1 Å². The summed E-state index contributed by atoms with van der Waals surface area (Å²) in [5.74, 6) is 2.53. The molecule has 0 saturated carbocycles. The summed E-state index contributed by atoms with van der Waals surface area (Å²) in [6, 6.07) is 21.0. The van der Waals surface area contributed by atoms with Crippen molar-refractivity contribution in [3.8, 4) is 11.1 Å². The third-order valence-corrected chi connectivity index (χ3v) is 12.5. The third kappa shape index (κ3) is 3.78. The largest absolute Gasteiger partial charge is 0.489 e. The first-order chi connectivity index (χ1) is 22.7. The molecule has 0 N–H and O–H groups in total. The predicted octanol–water partition coefficient (Wildman–Crippen LogP) is 9.78. The lowest BCUT2D eigenvalue weighted by molar-refractivity contribution is 0.128. The van der Waals surface area contributed by atoms with Crippen molar-refractivity contribution >= 4 is 5.69 Å². The fourth-order valence-electron chi connectivity index (χ4n) is 10.4. The number of anilines is 1. The standard InChI is InChI=1S/C43H42N2O/c1-43-25-10-9-20-40(43)45(30-15-11-14-29(26-30)28-12-3-2-4-13-28)37-23-21-31(27-35(37)43)44-36-18-7-5-17-34(36)41-38(44)24-22-33-32-16-6-8-19-39(32)46-42(33)41/h2-6,8,10-17,19,21,23,25-26,32,35,38-41H,7,9,18,20,22,24,27H2,1H3. The van der Waals surface area contributed by atoms with Gasteiger partial charge in [0.2, 0.25) is 0 Å². The number of allylic oxidation sites excluding steroid dienone is 10. The average Bonchev–Trinajstić information content (AvgIpc) is 3.74. The zero-order valence-electron chi connectivity index (χ0n) is 26.7. The molecule has 3 nitrogen and oxygen atoms in total. The fourth-order valence-corrected chi connectivity index (χ4v) is 10.4. The van der Waals surface area contributed by atoms with Crippen LogP contribution in [0.4, 0.5) is 5.69 Å². The Bertz CT molecular complexity index is 1870. The molecule has 1 saturated heterocycles. The Morgan fingerprint density at radius 1 is 0.848 bits per heavy atom. The van der Waals surface area contributed by atoms with Crippen LogP contribution in [0.1, 0.15) is 51.9 Å². The molecule has 2 aromatic rings. The zero-order chi connectivity index (χ0) is 30.4. The van der Waals surface area contributed by atoms with Crippen LogP contribution in [-0.2, 0) is 4.74 Å². The molecule has 2 aromatic carbocycles. The predicted molar refractivity (Wildman–Crippen MR) is 186 cm³/mol. The highest BCUT2D eigenvalue weighted by Gasteiger charge is 2.56. The van der Waals surface area contributed by atoms with Crippen molar-refractivity contribution in [2.24, 2.45) is 23.2 Å². The summed E-state index contributed by atoms with van der Waals surface area (Å²) in [5, 5.41) is 0. The van der Waals surface area contributed by atoms with E-state index < -0.39 is 0 Å². The van der Waals surface area contributed by atoms with Gasteiger partial charge in [-0.05, 0) is 97.6 Å². The number of hydrogen-bond acceptors (Lipinski definition) is 3. The molecule has 7 atom stereocenters. The lowest BCUT2D eigenvalue weighted by atomic mass is 9.68. The Balaban J connectivity index is 1.04. The maximum absolute atomic E-state index is 6.83.